The minimum atomic E-state index is -4.69. The van der Waals surface area contributed by atoms with E-state index in [0.717, 1.165) is 12.1 Å². The Kier molecular flexibility index (Phi) is 6.54. The third-order valence-corrected chi connectivity index (χ3v) is 4.78. The Labute approximate surface area is 176 Å². The van der Waals surface area contributed by atoms with E-state index in [4.69, 9.17) is 4.74 Å². The molecule has 1 aromatic heterocycles. The number of amidine groups is 1. The SMILES string of the molecule is CC(=Nc1c(C=O)nc(N2CCOCC2)nc1-c1ccc(C(F)(F)F)cc1F)N(C)C. The van der Waals surface area contributed by atoms with Crippen LogP contribution in [-0.2, 0) is 10.9 Å². The summed E-state index contributed by atoms with van der Waals surface area (Å²) < 4.78 is 59.1. The van der Waals surface area contributed by atoms with Crippen molar-refractivity contribution in [2.24, 2.45) is 4.99 Å². The van der Waals surface area contributed by atoms with Crippen molar-refractivity contribution in [2.75, 3.05) is 45.3 Å². The van der Waals surface area contributed by atoms with Gasteiger partial charge in [0.2, 0.25) is 5.95 Å². The molecule has 1 aromatic carbocycles. The maximum Gasteiger partial charge on any atom is 0.416 e. The first kappa shape index (κ1) is 22.6. The fourth-order valence-corrected chi connectivity index (χ4v) is 2.89. The molecule has 1 aliphatic rings. The summed E-state index contributed by atoms with van der Waals surface area (Å²) in [6.07, 6.45) is -4.22. The molecule has 11 heteroatoms. The monoisotopic (exact) mass is 439 g/mol. The number of carbonyl (C=O) groups excluding carboxylic acids is 1. The predicted molar refractivity (Wildman–Crippen MR) is 107 cm³/mol. The molecule has 0 atom stereocenters. The molecule has 0 unspecified atom stereocenters. The molecule has 3 rings (SSSR count). The first-order valence-corrected chi connectivity index (χ1v) is 9.41. The molecule has 1 saturated heterocycles. The smallest absolute Gasteiger partial charge is 0.378 e. The highest BCUT2D eigenvalue weighted by molar-refractivity contribution is 5.93. The lowest BCUT2D eigenvalue weighted by Gasteiger charge is -2.27. The number of carbonyl (C=O) groups is 1. The van der Waals surface area contributed by atoms with E-state index in [1.54, 1.807) is 30.8 Å². The Morgan fingerprint density at radius 2 is 1.90 bits per heavy atom. The maximum atomic E-state index is 14.8. The number of hydrogen-bond donors (Lipinski definition) is 0. The number of hydrogen-bond acceptors (Lipinski definition) is 6. The van der Waals surface area contributed by atoms with E-state index >= 15 is 0 Å². The second-order valence-corrected chi connectivity index (χ2v) is 7.07. The highest BCUT2D eigenvalue weighted by Gasteiger charge is 2.32. The van der Waals surface area contributed by atoms with Gasteiger partial charge in [-0.25, -0.2) is 19.4 Å². The van der Waals surface area contributed by atoms with Gasteiger partial charge in [-0.05, 0) is 25.1 Å². The van der Waals surface area contributed by atoms with Gasteiger partial charge in [0.15, 0.2) is 6.29 Å². The Morgan fingerprint density at radius 1 is 1.23 bits per heavy atom. The average Bonchev–Trinajstić information content (AvgIpc) is 2.73. The molecule has 7 nitrogen and oxygen atoms in total. The van der Waals surface area contributed by atoms with Crippen LogP contribution in [0.3, 0.4) is 0 Å². The van der Waals surface area contributed by atoms with E-state index in [1.807, 2.05) is 0 Å². The molecule has 0 spiro atoms. The summed E-state index contributed by atoms with van der Waals surface area (Å²) in [5.41, 5.74) is -1.51. The van der Waals surface area contributed by atoms with Crippen molar-refractivity contribution in [1.82, 2.24) is 14.9 Å². The Hall–Kier alpha value is -3.08. The molecule has 166 valence electrons. The van der Waals surface area contributed by atoms with Crippen molar-refractivity contribution in [3.63, 3.8) is 0 Å². The van der Waals surface area contributed by atoms with Crippen molar-refractivity contribution in [1.29, 1.82) is 0 Å². The summed E-state index contributed by atoms with van der Waals surface area (Å²) in [5.74, 6) is -0.502. The second-order valence-electron chi connectivity index (χ2n) is 7.07. The van der Waals surface area contributed by atoms with E-state index < -0.39 is 17.6 Å². The standard InChI is InChI=1S/C20H21F4N5O2/c1-12(28(2)3)25-18-16(11-30)26-19(29-6-8-31-9-7-29)27-17(18)14-5-4-13(10-15(14)21)20(22,23)24/h4-5,10-11H,6-9H2,1-3H3. The van der Waals surface area contributed by atoms with E-state index in [0.29, 0.717) is 44.5 Å². The van der Waals surface area contributed by atoms with Gasteiger partial charge in [-0.2, -0.15) is 13.2 Å². The van der Waals surface area contributed by atoms with Crippen LogP contribution in [0.4, 0.5) is 29.2 Å². The normalized spacial score (nSPS) is 15.2. The molecule has 0 amide bonds. The van der Waals surface area contributed by atoms with Gasteiger partial charge in [0.25, 0.3) is 0 Å². The van der Waals surface area contributed by atoms with Gasteiger partial charge >= 0.3 is 6.18 Å². The number of alkyl halides is 3. The number of aliphatic imine (C=N–C) groups is 1. The summed E-state index contributed by atoms with van der Waals surface area (Å²) in [6.45, 7) is 3.41. The van der Waals surface area contributed by atoms with Crippen molar-refractivity contribution in [3.8, 4) is 11.3 Å². The van der Waals surface area contributed by atoms with Crippen LogP contribution in [0.25, 0.3) is 11.3 Å². The third-order valence-electron chi connectivity index (χ3n) is 4.78. The van der Waals surface area contributed by atoms with Crippen LogP contribution in [0.15, 0.2) is 23.2 Å². The quantitative estimate of drug-likeness (QED) is 0.314. The van der Waals surface area contributed by atoms with E-state index in [9.17, 15) is 22.4 Å². The van der Waals surface area contributed by atoms with Gasteiger partial charge in [-0.15, -0.1) is 0 Å². The Morgan fingerprint density at radius 3 is 2.45 bits per heavy atom. The molecule has 0 N–H and O–H groups in total. The minimum absolute atomic E-state index is 0.0168. The molecule has 1 aliphatic heterocycles. The van der Waals surface area contributed by atoms with Crippen LogP contribution in [0.1, 0.15) is 23.0 Å². The second kappa shape index (κ2) is 8.96. The van der Waals surface area contributed by atoms with E-state index in [2.05, 4.69) is 15.0 Å². The van der Waals surface area contributed by atoms with Crippen molar-refractivity contribution in [3.05, 3.63) is 35.3 Å². The molecule has 0 saturated carbocycles. The van der Waals surface area contributed by atoms with Crippen LogP contribution in [0, 0.1) is 5.82 Å². The number of halogens is 4. The zero-order chi connectivity index (χ0) is 22.8. The number of benzene rings is 1. The molecule has 0 aliphatic carbocycles. The van der Waals surface area contributed by atoms with Crippen molar-refractivity contribution >= 4 is 23.8 Å². The van der Waals surface area contributed by atoms with Gasteiger partial charge in [0, 0.05) is 32.7 Å². The largest absolute Gasteiger partial charge is 0.416 e. The minimum Gasteiger partial charge on any atom is -0.378 e. The predicted octanol–water partition coefficient (Wildman–Crippen LogP) is 3.56. The van der Waals surface area contributed by atoms with Gasteiger partial charge in [-0.3, -0.25) is 4.79 Å². The molecule has 2 heterocycles. The third kappa shape index (κ3) is 4.98. The molecular formula is C20H21F4N5O2. The lowest BCUT2D eigenvalue weighted by atomic mass is 10.1. The van der Waals surface area contributed by atoms with Gasteiger partial charge in [-0.1, -0.05) is 0 Å². The first-order chi connectivity index (χ1) is 14.6. The van der Waals surface area contributed by atoms with Crippen LogP contribution >= 0.6 is 0 Å². The van der Waals surface area contributed by atoms with Gasteiger partial charge in [0.1, 0.15) is 28.7 Å². The number of nitrogens with zero attached hydrogens (tertiary/aromatic N) is 5. The molecule has 31 heavy (non-hydrogen) atoms. The van der Waals surface area contributed by atoms with Crippen molar-refractivity contribution in [2.45, 2.75) is 13.1 Å². The van der Waals surface area contributed by atoms with Crippen LogP contribution in [-0.4, -0.2) is 67.4 Å². The zero-order valence-corrected chi connectivity index (χ0v) is 17.2. The summed E-state index contributed by atoms with van der Waals surface area (Å²) in [5, 5.41) is 0. The Balaban J connectivity index is 2.24. The summed E-state index contributed by atoms with van der Waals surface area (Å²) >= 11 is 0. The number of aldehydes is 1. The maximum absolute atomic E-state index is 14.8. The topological polar surface area (TPSA) is 70.9 Å². The van der Waals surface area contributed by atoms with Gasteiger partial charge < -0.3 is 14.5 Å². The summed E-state index contributed by atoms with van der Waals surface area (Å²) in [6, 6.07) is 2.16. The molecular weight excluding hydrogens is 418 g/mol. The number of rotatable bonds is 4. The lowest BCUT2D eigenvalue weighted by molar-refractivity contribution is -0.137. The zero-order valence-electron chi connectivity index (χ0n) is 17.2. The number of anilines is 1. The van der Waals surface area contributed by atoms with E-state index in [1.165, 1.54) is 0 Å². The first-order valence-electron chi connectivity index (χ1n) is 9.41. The number of aromatic nitrogens is 2. The average molecular weight is 439 g/mol. The molecule has 0 radical (unpaired) electrons. The van der Waals surface area contributed by atoms with Gasteiger partial charge in [0.05, 0.1) is 18.8 Å². The van der Waals surface area contributed by atoms with Crippen molar-refractivity contribution < 1.29 is 27.1 Å². The fraction of sp³-hybridized carbons (Fsp3) is 0.400. The van der Waals surface area contributed by atoms with Crippen LogP contribution in [0.5, 0.6) is 0 Å². The highest BCUT2D eigenvalue weighted by Crippen LogP contribution is 2.37. The molecule has 1 fully saturated rings. The lowest BCUT2D eigenvalue weighted by Crippen LogP contribution is -2.37. The highest BCUT2D eigenvalue weighted by atomic mass is 19.4. The number of ether oxygens (including phenoxy) is 1. The van der Waals surface area contributed by atoms with E-state index in [-0.39, 0.29) is 28.6 Å². The van der Waals surface area contributed by atoms with Crippen LogP contribution in [0.2, 0.25) is 0 Å². The molecule has 0 bridgehead atoms. The summed E-state index contributed by atoms with van der Waals surface area (Å²) in [4.78, 5) is 28.2. The number of morpholine rings is 1. The summed E-state index contributed by atoms with van der Waals surface area (Å²) in [7, 11) is 3.45. The molecule has 2 aromatic rings. The fourth-order valence-electron chi connectivity index (χ4n) is 2.89. The Bertz CT molecular complexity index is 1000. The van der Waals surface area contributed by atoms with Crippen LogP contribution < -0.4 is 4.90 Å².